The molecule has 0 N–H and O–H groups in total. The number of imidazole rings is 1. The Bertz CT molecular complexity index is 1120. The van der Waals surface area contributed by atoms with E-state index >= 15 is 0 Å². The first-order chi connectivity index (χ1) is 14.8. The number of nitriles is 1. The number of rotatable bonds is 9. The van der Waals surface area contributed by atoms with Gasteiger partial charge in [0.15, 0.2) is 0 Å². The van der Waals surface area contributed by atoms with Crippen LogP contribution in [0.2, 0.25) is 0 Å². The maximum absolute atomic E-state index is 8.90. The van der Waals surface area contributed by atoms with Gasteiger partial charge in [-0.3, -0.25) is 0 Å². The molecule has 0 aliphatic carbocycles. The van der Waals surface area contributed by atoms with Gasteiger partial charge in [-0.25, -0.2) is 4.98 Å². The molecule has 4 rings (SSSR count). The first kappa shape index (κ1) is 19.7. The van der Waals surface area contributed by atoms with Crippen LogP contribution in [0, 0.1) is 11.3 Å². The van der Waals surface area contributed by atoms with E-state index in [1.807, 2.05) is 48.8 Å². The highest BCUT2D eigenvalue weighted by atomic mass is 16.5. The molecule has 150 valence electrons. The molecular formula is C26H25N3O. The third-order valence-corrected chi connectivity index (χ3v) is 5.29. The lowest BCUT2D eigenvalue weighted by molar-refractivity contribution is 0.304. The topological polar surface area (TPSA) is 50.8 Å². The quantitative estimate of drug-likeness (QED) is 0.316. The summed E-state index contributed by atoms with van der Waals surface area (Å²) in [5.74, 6) is 0.900. The molecule has 0 radical (unpaired) electrons. The summed E-state index contributed by atoms with van der Waals surface area (Å²) in [4.78, 5) is 4.44. The lowest BCUT2D eigenvalue weighted by Gasteiger charge is -2.08. The van der Waals surface area contributed by atoms with E-state index in [2.05, 4.69) is 46.0 Å². The molecule has 4 heteroatoms. The number of para-hydroxylation sites is 2. The summed E-state index contributed by atoms with van der Waals surface area (Å²) in [6.07, 6.45) is 6.50. The monoisotopic (exact) mass is 395 g/mol. The Balaban J connectivity index is 1.15. The highest BCUT2D eigenvalue weighted by Crippen LogP contribution is 2.23. The Labute approximate surface area is 177 Å². The second-order valence-electron chi connectivity index (χ2n) is 7.40. The first-order valence-electron chi connectivity index (χ1n) is 10.5. The molecule has 4 nitrogen and oxygen atoms in total. The largest absolute Gasteiger partial charge is 0.494 e. The standard InChI is InChI=1S/C26H25N3O/c27-19-21-9-11-22(12-10-21)23-13-15-24(16-14-23)30-18-6-2-1-5-17-29-20-28-25-7-3-4-8-26(25)29/h3-4,7-16,20H,1-2,5-6,17-18H2. The van der Waals surface area contributed by atoms with Crippen LogP contribution < -0.4 is 4.74 Å². The molecule has 0 aliphatic heterocycles. The average Bonchev–Trinajstić information content (AvgIpc) is 3.22. The molecule has 0 fully saturated rings. The lowest BCUT2D eigenvalue weighted by Crippen LogP contribution is -1.99. The van der Waals surface area contributed by atoms with Crippen LogP contribution in [0.5, 0.6) is 5.75 Å². The summed E-state index contributed by atoms with van der Waals surface area (Å²) in [5.41, 5.74) is 5.18. The van der Waals surface area contributed by atoms with E-state index in [9.17, 15) is 0 Å². The van der Waals surface area contributed by atoms with Gasteiger partial charge in [-0.05, 0) is 60.4 Å². The van der Waals surface area contributed by atoms with Crippen LogP contribution in [-0.4, -0.2) is 16.2 Å². The van der Waals surface area contributed by atoms with Gasteiger partial charge in [0.05, 0.1) is 35.6 Å². The Kier molecular flexibility index (Phi) is 6.41. The number of ether oxygens (including phenoxy) is 1. The zero-order valence-electron chi connectivity index (χ0n) is 17.0. The number of aryl methyl sites for hydroxylation is 1. The van der Waals surface area contributed by atoms with Crippen LogP contribution in [-0.2, 0) is 6.54 Å². The number of unbranched alkanes of at least 4 members (excludes halogenated alkanes) is 3. The molecule has 0 amide bonds. The lowest BCUT2D eigenvalue weighted by atomic mass is 10.0. The zero-order valence-corrected chi connectivity index (χ0v) is 17.0. The first-order valence-corrected chi connectivity index (χ1v) is 10.5. The van der Waals surface area contributed by atoms with Gasteiger partial charge in [-0.1, -0.05) is 49.2 Å². The predicted octanol–water partition coefficient (Wildman–Crippen LogP) is 6.21. The van der Waals surface area contributed by atoms with Crippen LogP contribution in [0.3, 0.4) is 0 Å². The van der Waals surface area contributed by atoms with Crippen molar-refractivity contribution in [2.24, 2.45) is 0 Å². The predicted molar refractivity (Wildman–Crippen MR) is 120 cm³/mol. The summed E-state index contributed by atoms with van der Waals surface area (Å²) in [6, 6.07) is 26.2. The van der Waals surface area contributed by atoms with Gasteiger partial charge in [-0.2, -0.15) is 5.26 Å². The second-order valence-corrected chi connectivity index (χ2v) is 7.40. The van der Waals surface area contributed by atoms with E-state index in [-0.39, 0.29) is 0 Å². The minimum atomic E-state index is 0.678. The molecule has 0 unspecified atom stereocenters. The van der Waals surface area contributed by atoms with Crippen molar-refractivity contribution in [1.29, 1.82) is 5.26 Å². The Morgan fingerprint density at radius 3 is 2.27 bits per heavy atom. The van der Waals surface area contributed by atoms with Crippen LogP contribution in [0.1, 0.15) is 31.2 Å². The van der Waals surface area contributed by atoms with Gasteiger partial charge in [0, 0.05) is 6.54 Å². The fraction of sp³-hybridized carbons (Fsp3) is 0.231. The van der Waals surface area contributed by atoms with Crippen LogP contribution in [0.4, 0.5) is 0 Å². The third kappa shape index (κ3) is 4.87. The minimum Gasteiger partial charge on any atom is -0.494 e. The number of benzene rings is 3. The Morgan fingerprint density at radius 1 is 0.800 bits per heavy atom. The number of nitrogens with zero attached hydrogens (tertiary/aromatic N) is 3. The highest BCUT2D eigenvalue weighted by molar-refractivity contribution is 5.74. The van der Waals surface area contributed by atoms with E-state index in [4.69, 9.17) is 10.00 Å². The zero-order chi connectivity index (χ0) is 20.6. The van der Waals surface area contributed by atoms with Crippen LogP contribution >= 0.6 is 0 Å². The van der Waals surface area contributed by atoms with Crippen LogP contribution in [0.15, 0.2) is 79.1 Å². The van der Waals surface area contributed by atoms with Crippen molar-refractivity contribution in [3.8, 4) is 22.9 Å². The van der Waals surface area contributed by atoms with E-state index < -0.39 is 0 Å². The SMILES string of the molecule is N#Cc1ccc(-c2ccc(OCCCCCCn3cnc4ccccc43)cc2)cc1. The van der Waals surface area contributed by atoms with Gasteiger partial charge in [0.1, 0.15) is 5.75 Å². The molecule has 30 heavy (non-hydrogen) atoms. The number of hydrogen-bond donors (Lipinski definition) is 0. The Morgan fingerprint density at radius 2 is 1.50 bits per heavy atom. The van der Waals surface area contributed by atoms with Crippen molar-refractivity contribution in [3.05, 3.63) is 84.7 Å². The van der Waals surface area contributed by atoms with Gasteiger partial charge < -0.3 is 9.30 Å². The van der Waals surface area contributed by atoms with Crippen molar-refractivity contribution >= 4 is 11.0 Å². The van der Waals surface area contributed by atoms with Crippen molar-refractivity contribution in [1.82, 2.24) is 9.55 Å². The summed E-state index contributed by atoms with van der Waals surface area (Å²) in [7, 11) is 0. The second kappa shape index (κ2) is 9.76. The maximum Gasteiger partial charge on any atom is 0.119 e. The van der Waals surface area contributed by atoms with Gasteiger partial charge >= 0.3 is 0 Å². The molecule has 0 bridgehead atoms. The van der Waals surface area contributed by atoms with Gasteiger partial charge in [0.25, 0.3) is 0 Å². The summed E-state index contributed by atoms with van der Waals surface area (Å²) < 4.78 is 8.12. The van der Waals surface area contributed by atoms with Gasteiger partial charge in [0.2, 0.25) is 0 Å². The van der Waals surface area contributed by atoms with Crippen molar-refractivity contribution in [3.63, 3.8) is 0 Å². The maximum atomic E-state index is 8.90. The summed E-state index contributed by atoms with van der Waals surface area (Å²) in [6.45, 7) is 1.75. The molecule has 0 aliphatic rings. The van der Waals surface area contributed by atoms with E-state index in [0.29, 0.717) is 5.56 Å². The van der Waals surface area contributed by atoms with Crippen molar-refractivity contribution in [2.45, 2.75) is 32.2 Å². The summed E-state index contributed by atoms with van der Waals surface area (Å²) >= 11 is 0. The third-order valence-electron chi connectivity index (χ3n) is 5.29. The van der Waals surface area contributed by atoms with Gasteiger partial charge in [-0.15, -0.1) is 0 Å². The fourth-order valence-corrected chi connectivity index (χ4v) is 3.60. The molecular weight excluding hydrogens is 370 g/mol. The molecule has 4 aromatic rings. The van der Waals surface area contributed by atoms with Crippen molar-refractivity contribution in [2.75, 3.05) is 6.61 Å². The molecule has 0 saturated heterocycles. The smallest absolute Gasteiger partial charge is 0.119 e. The molecule has 0 saturated carbocycles. The Hall–Kier alpha value is -3.58. The summed E-state index contributed by atoms with van der Waals surface area (Å²) in [5, 5.41) is 8.90. The highest BCUT2D eigenvalue weighted by Gasteiger charge is 2.02. The van der Waals surface area contributed by atoms with Crippen LogP contribution in [0.25, 0.3) is 22.2 Å². The molecule has 3 aromatic carbocycles. The fourth-order valence-electron chi connectivity index (χ4n) is 3.60. The number of hydrogen-bond acceptors (Lipinski definition) is 3. The normalized spacial score (nSPS) is 10.8. The molecule has 0 spiro atoms. The number of aromatic nitrogens is 2. The average molecular weight is 396 g/mol. The van der Waals surface area contributed by atoms with E-state index in [1.54, 1.807) is 0 Å². The van der Waals surface area contributed by atoms with E-state index in [0.717, 1.165) is 54.8 Å². The van der Waals surface area contributed by atoms with E-state index in [1.165, 1.54) is 11.9 Å². The molecule has 0 atom stereocenters. The molecule has 1 heterocycles. The van der Waals surface area contributed by atoms with Crippen molar-refractivity contribution < 1.29 is 4.74 Å². The molecule has 1 aromatic heterocycles. The number of fused-ring (bicyclic) bond motifs is 1. The minimum absolute atomic E-state index is 0.678.